The van der Waals surface area contributed by atoms with E-state index in [1.54, 1.807) is 0 Å². The van der Waals surface area contributed by atoms with Gasteiger partial charge >= 0.3 is 0 Å². The van der Waals surface area contributed by atoms with E-state index in [1.807, 2.05) is 32.9 Å². The highest BCUT2D eigenvalue weighted by atomic mass is 79.9. The maximum absolute atomic E-state index is 12.1. The highest BCUT2D eigenvalue weighted by Crippen LogP contribution is 2.24. The summed E-state index contributed by atoms with van der Waals surface area (Å²) in [6.07, 6.45) is 0.915. The van der Waals surface area contributed by atoms with Crippen molar-refractivity contribution in [1.29, 1.82) is 0 Å². The summed E-state index contributed by atoms with van der Waals surface area (Å²) < 4.78 is 16.1. The monoisotopic (exact) mass is 317 g/mol. The lowest BCUT2D eigenvalue weighted by molar-refractivity contribution is 0.518. The lowest BCUT2D eigenvalue weighted by Crippen LogP contribution is -2.41. The van der Waals surface area contributed by atoms with Gasteiger partial charge in [0.2, 0.25) is 0 Å². The van der Waals surface area contributed by atoms with Gasteiger partial charge in [0.15, 0.2) is 0 Å². The van der Waals surface area contributed by atoms with Crippen LogP contribution < -0.4 is 4.72 Å². The fourth-order valence-electron chi connectivity index (χ4n) is 1.42. The molecule has 0 fully saturated rings. The summed E-state index contributed by atoms with van der Waals surface area (Å²) in [5.41, 5.74) is 1.17. The van der Waals surface area contributed by atoms with Crippen LogP contribution in [-0.2, 0) is 11.4 Å². The molecule has 1 aromatic rings. The van der Waals surface area contributed by atoms with Crippen molar-refractivity contribution in [1.82, 2.24) is 4.72 Å². The fraction of sp³-hybridized carbons (Fsp3) is 0.538. The van der Waals surface area contributed by atoms with Gasteiger partial charge in [0.1, 0.15) is 4.75 Å². The topological polar surface area (TPSA) is 35.1 Å². The number of hydrogen-bond donors (Lipinski definition) is 1. The first-order chi connectivity index (χ1) is 7.84. The maximum Gasteiger partial charge on any atom is 0.136 e. The third kappa shape index (κ3) is 4.62. The molecule has 1 aromatic carbocycles. The van der Waals surface area contributed by atoms with Crippen molar-refractivity contribution in [3.63, 3.8) is 0 Å². The smallest absolute Gasteiger partial charge is 0.136 e. The molecule has 4 heteroatoms. The standard InChI is InChI=1S/C13H20BrNOS/c1-5-12(15-17(16)13(2,3)4)10-7-6-8-11(14)9-10/h6-9,12,15H,5H2,1-4H3/t12?,17-/m1/s1. The SMILES string of the molecule is CCC(N[S@+]([O-])C(C)(C)C)c1cccc(Br)c1. The molecule has 1 rings (SSSR count). The van der Waals surface area contributed by atoms with Crippen molar-refractivity contribution in [3.05, 3.63) is 34.3 Å². The van der Waals surface area contributed by atoms with E-state index >= 15 is 0 Å². The molecule has 2 atom stereocenters. The minimum absolute atomic E-state index is 0.132. The molecule has 0 aromatic heterocycles. The summed E-state index contributed by atoms with van der Waals surface area (Å²) >= 11 is 2.42. The molecule has 0 bridgehead atoms. The Morgan fingerprint density at radius 1 is 1.41 bits per heavy atom. The van der Waals surface area contributed by atoms with E-state index in [0.29, 0.717) is 0 Å². The van der Waals surface area contributed by atoms with Gasteiger partial charge < -0.3 is 4.55 Å². The van der Waals surface area contributed by atoms with E-state index < -0.39 is 11.4 Å². The highest BCUT2D eigenvalue weighted by molar-refractivity contribution is 9.10. The predicted molar refractivity (Wildman–Crippen MR) is 78.2 cm³/mol. The van der Waals surface area contributed by atoms with E-state index in [-0.39, 0.29) is 10.8 Å². The van der Waals surface area contributed by atoms with Crippen molar-refractivity contribution in [2.75, 3.05) is 0 Å². The third-order valence-corrected chi connectivity index (χ3v) is 4.57. The number of halogens is 1. The largest absolute Gasteiger partial charge is 0.598 e. The molecule has 0 aliphatic rings. The van der Waals surface area contributed by atoms with Crippen LogP contribution in [0.15, 0.2) is 28.7 Å². The van der Waals surface area contributed by atoms with Crippen LogP contribution in [0.5, 0.6) is 0 Å². The van der Waals surface area contributed by atoms with Crippen LogP contribution in [-0.4, -0.2) is 9.30 Å². The number of hydrogen-bond acceptors (Lipinski definition) is 2. The van der Waals surface area contributed by atoms with E-state index in [4.69, 9.17) is 0 Å². The summed E-state index contributed by atoms with van der Waals surface area (Å²) in [5.74, 6) is 0. The first-order valence-electron chi connectivity index (χ1n) is 5.78. The van der Waals surface area contributed by atoms with Gasteiger partial charge in [-0.2, -0.15) is 0 Å². The van der Waals surface area contributed by atoms with Gasteiger partial charge in [-0.3, -0.25) is 0 Å². The first kappa shape index (κ1) is 15.0. The summed E-state index contributed by atoms with van der Waals surface area (Å²) in [7, 11) is 0. The van der Waals surface area contributed by atoms with Crippen LogP contribution in [0.2, 0.25) is 0 Å². The van der Waals surface area contributed by atoms with E-state index in [1.165, 1.54) is 5.56 Å². The van der Waals surface area contributed by atoms with E-state index in [2.05, 4.69) is 39.7 Å². The van der Waals surface area contributed by atoms with Crippen LogP contribution in [0.25, 0.3) is 0 Å². The second-order valence-corrected chi connectivity index (χ2v) is 7.93. The average Bonchev–Trinajstić information content (AvgIpc) is 2.24. The first-order valence-corrected chi connectivity index (χ1v) is 7.72. The zero-order chi connectivity index (χ0) is 13.1. The molecular weight excluding hydrogens is 298 g/mol. The predicted octanol–water partition coefficient (Wildman–Crippen LogP) is 3.95. The summed E-state index contributed by atoms with van der Waals surface area (Å²) in [4.78, 5) is 0. The lowest BCUT2D eigenvalue weighted by atomic mass is 10.1. The molecule has 1 N–H and O–H groups in total. The minimum atomic E-state index is -1.04. The Bertz CT molecular complexity index is 365. The molecule has 0 heterocycles. The Morgan fingerprint density at radius 2 is 2.06 bits per heavy atom. The van der Waals surface area contributed by atoms with Crippen LogP contribution in [0.4, 0.5) is 0 Å². The second kappa shape index (κ2) is 6.23. The lowest BCUT2D eigenvalue weighted by Gasteiger charge is -2.27. The molecule has 96 valence electrons. The van der Waals surface area contributed by atoms with Gasteiger partial charge in [-0.05, 0) is 44.9 Å². The van der Waals surface area contributed by atoms with Gasteiger partial charge in [0.05, 0.1) is 6.04 Å². The molecule has 0 amide bonds. The Labute approximate surface area is 116 Å². The second-order valence-electron chi connectivity index (χ2n) is 5.01. The van der Waals surface area contributed by atoms with Gasteiger partial charge in [0.25, 0.3) is 0 Å². The molecule has 2 nitrogen and oxygen atoms in total. The van der Waals surface area contributed by atoms with Crippen molar-refractivity contribution in [3.8, 4) is 0 Å². The average molecular weight is 318 g/mol. The minimum Gasteiger partial charge on any atom is -0.598 e. The molecule has 0 saturated heterocycles. The van der Waals surface area contributed by atoms with Crippen LogP contribution in [0.3, 0.4) is 0 Å². The van der Waals surface area contributed by atoms with E-state index in [9.17, 15) is 4.55 Å². The molecule has 0 saturated carbocycles. The van der Waals surface area contributed by atoms with Crippen molar-refractivity contribution in [2.24, 2.45) is 0 Å². The summed E-state index contributed by atoms with van der Waals surface area (Å²) in [5, 5.41) is 0. The Morgan fingerprint density at radius 3 is 2.53 bits per heavy atom. The molecule has 0 radical (unpaired) electrons. The van der Waals surface area contributed by atoms with Gasteiger partial charge in [-0.25, -0.2) is 0 Å². The zero-order valence-electron chi connectivity index (χ0n) is 10.8. The number of nitrogens with one attached hydrogen (secondary N) is 1. The fourth-order valence-corrected chi connectivity index (χ4v) is 2.75. The molecule has 17 heavy (non-hydrogen) atoms. The summed E-state index contributed by atoms with van der Waals surface area (Å²) in [6.45, 7) is 8.02. The van der Waals surface area contributed by atoms with Gasteiger partial charge in [-0.15, -0.1) is 4.72 Å². The van der Waals surface area contributed by atoms with Gasteiger partial charge in [0, 0.05) is 15.8 Å². The molecule has 0 spiro atoms. The van der Waals surface area contributed by atoms with Crippen LogP contribution in [0.1, 0.15) is 45.7 Å². The zero-order valence-corrected chi connectivity index (χ0v) is 13.2. The van der Waals surface area contributed by atoms with Crippen molar-refractivity contribution < 1.29 is 4.55 Å². The normalized spacial score (nSPS) is 15.6. The van der Waals surface area contributed by atoms with Crippen LogP contribution >= 0.6 is 15.9 Å². The van der Waals surface area contributed by atoms with Crippen molar-refractivity contribution in [2.45, 2.75) is 44.9 Å². The molecule has 0 aliphatic heterocycles. The molecular formula is C13H20BrNOS. The number of rotatable bonds is 4. The molecule has 0 aliphatic carbocycles. The third-order valence-electron chi connectivity index (χ3n) is 2.46. The van der Waals surface area contributed by atoms with Gasteiger partial charge in [-0.1, -0.05) is 35.0 Å². The summed E-state index contributed by atoms with van der Waals surface area (Å²) in [6, 6.07) is 8.26. The van der Waals surface area contributed by atoms with Crippen LogP contribution in [0, 0.1) is 0 Å². The highest BCUT2D eigenvalue weighted by Gasteiger charge is 2.29. The molecule has 1 unspecified atom stereocenters. The quantitative estimate of drug-likeness (QED) is 0.853. The Kier molecular flexibility index (Phi) is 5.51. The maximum atomic E-state index is 12.1. The Balaban J connectivity index is 2.79. The number of benzene rings is 1. The van der Waals surface area contributed by atoms with Crippen molar-refractivity contribution >= 4 is 27.3 Å². The Hall–Kier alpha value is -0.0300. The van der Waals surface area contributed by atoms with E-state index in [0.717, 1.165) is 10.9 Å².